The highest BCUT2D eigenvalue weighted by Gasteiger charge is 2.50. The number of benzene rings is 16. The van der Waals surface area contributed by atoms with E-state index in [1.54, 1.807) is 22.3 Å². The Morgan fingerprint density at radius 2 is 0.376 bits per heavy atom. The van der Waals surface area contributed by atoms with Gasteiger partial charge in [0.05, 0.1) is 0 Å². The number of fused-ring (bicyclic) bond motifs is 25. The Balaban J connectivity index is 0.513. The maximum absolute atomic E-state index is 2.65. The van der Waals surface area contributed by atoms with Crippen molar-refractivity contribution < 1.29 is 0 Å². The zero-order valence-corrected chi connectivity index (χ0v) is 87.4. The number of rotatable bonds is 32. The molecular weight excluding hydrogens is 1690 g/mol. The highest BCUT2D eigenvalue weighted by atomic mass is 14.5. The minimum Gasteiger partial charge on any atom is -0.0654 e. The number of aryl methyl sites for hydroxylation is 2. The van der Waals surface area contributed by atoms with E-state index in [9.17, 15) is 0 Å². The van der Waals surface area contributed by atoms with Crippen LogP contribution in [0.3, 0.4) is 0 Å². The number of hydrogen-bond acceptors (Lipinski definition) is 0. The SMILES string of the molecule is CCCCCCCCC1(CCCCCCCC)c2ccccc2-c2ccc(-c3ccc4c(c3)C(C)(C)c3cc(-c5ccc(-c6cc7c(c8ccccc68)-c6cc8c(cc6C7(C)C)-c6cc7c(cc6C8(C)C)-c6c(cc(-c8ccc(-c9ccc%10c(c9)C(C)(C)c9cc(-c%11ccc%12c(c%11)C(CCCCCCC)(CCCCCCC)c%11ccccc%11-%12)ccc9-%10)c(C)c8)c8ccccc68)C7(C)C)cc5C)ccc3-4)cc21. The van der Waals surface area contributed by atoms with Crippen LogP contribution in [0.1, 0.15) is 353 Å². The molecule has 23 rings (SSSR count). The Morgan fingerprint density at radius 3 is 0.702 bits per heavy atom. The van der Waals surface area contributed by atoms with E-state index in [2.05, 4.69) is 390 Å². The molecule has 0 atom stereocenters. The molecule has 0 unspecified atom stereocenters. The topological polar surface area (TPSA) is 0 Å². The molecule has 0 fully saturated rings. The fourth-order valence-corrected chi connectivity index (χ4v) is 28.9. The molecule has 7 aliphatic rings. The summed E-state index contributed by atoms with van der Waals surface area (Å²) in [5.74, 6) is 0. The van der Waals surface area contributed by atoms with Crippen LogP contribution in [-0.2, 0) is 37.9 Å². The lowest BCUT2D eigenvalue weighted by atomic mass is 9.70. The van der Waals surface area contributed by atoms with Gasteiger partial charge in [-0.3, -0.25) is 0 Å². The molecule has 0 amide bonds. The Bertz CT molecular complexity index is 7490. The van der Waals surface area contributed by atoms with Crippen LogP contribution in [0.25, 0.3) is 166 Å². The normalized spacial score (nSPS) is 15.8. The van der Waals surface area contributed by atoms with E-state index in [1.165, 1.54) is 400 Å². The van der Waals surface area contributed by atoms with E-state index in [1.807, 2.05) is 0 Å². The molecule has 0 saturated heterocycles. The molecule has 0 heterocycles. The quantitative estimate of drug-likeness (QED) is 0.0369. The summed E-state index contributed by atoms with van der Waals surface area (Å²) in [6, 6.07) is 113. The van der Waals surface area contributed by atoms with E-state index < -0.39 is 0 Å². The summed E-state index contributed by atoms with van der Waals surface area (Å²) >= 11 is 0. The van der Waals surface area contributed by atoms with Crippen LogP contribution in [0.5, 0.6) is 0 Å². The first-order valence-electron chi connectivity index (χ1n) is 55.2. The highest BCUT2D eigenvalue weighted by Crippen LogP contribution is 2.65. The van der Waals surface area contributed by atoms with Gasteiger partial charge in [0.1, 0.15) is 0 Å². The first-order valence-corrected chi connectivity index (χ1v) is 55.2. The van der Waals surface area contributed by atoms with E-state index in [-0.39, 0.29) is 37.9 Å². The van der Waals surface area contributed by atoms with Crippen LogP contribution < -0.4 is 0 Å². The first-order chi connectivity index (χ1) is 68.3. The summed E-state index contributed by atoms with van der Waals surface area (Å²) in [7, 11) is 0. The summed E-state index contributed by atoms with van der Waals surface area (Å²) in [4.78, 5) is 0. The fourth-order valence-electron chi connectivity index (χ4n) is 28.9. The van der Waals surface area contributed by atoms with Crippen molar-refractivity contribution in [3.05, 3.63) is 368 Å². The van der Waals surface area contributed by atoms with Gasteiger partial charge in [0, 0.05) is 37.9 Å². The summed E-state index contributed by atoms with van der Waals surface area (Å²) < 4.78 is 0. The van der Waals surface area contributed by atoms with Gasteiger partial charge in [0.15, 0.2) is 0 Å². The molecule has 0 aliphatic heterocycles. The third-order valence-electron chi connectivity index (χ3n) is 36.9. The van der Waals surface area contributed by atoms with Crippen molar-refractivity contribution in [1.29, 1.82) is 0 Å². The van der Waals surface area contributed by atoms with E-state index in [4.69, 9.17) is 0 Å². The zero-order valence-electron chi connectivity index (χ0n) is 87.4. The molecule has 7 aliphatic carbocycles. The predicted molar refractivity (Wildman–Crippen MR) is 607 cm³/mol. The van der Waals surface area contributed by atoms with Crippen molar-refractivity contribution in [3.63, 3.8) is 0 Å². The molecular formula is C141H146. The summed E-state index contributed by atoms with van der Waals surface area (Å²) in [6.07, 6.45) is 33.9. The van der Waals surface area contributed by atoms with Crippen molar-refractivity contribution in [1.82, 2.24) is 0 Å². The molecule has 141 heavy (non-hydrogen) atoms. The second kappa shape index (κ2) is 35.9. The van der Waals surface area contributed by atoms with Gasteiger partial charge < -0.3 is 0 Å². The summed E-state index contributed by atoms with van der Waals surface area (Å²) in [5.41, 5.74) is 57.4. The fraction of sp³-hybridized carbons (Fsp3) is 0.348. The maximum atomic E-state index is 2.65. The molecule has 16 aromatic carbocycles. The Hall–Kier alpha value is -12.0. The van der Waals surface area contributed by atoms with Crippen LogP contribution in [0.15, 0.2) is 279 Å². The van der Waals surface area contributed by atoms with Gasteiger partial charge in [-0.1, -0.05) is 444 Å². The molecule has 0 spiro atoms. The first kappa shape index (κ1) is 92.7. The lowest BCUT2D eigenvalue weighted by molar-refractivity contribution is 0.398. The average molecular weight is 1840 g/mol. The van der Waals surface area contributed by atoms with Gasteiger partial charge in [0.25, 0.3) is 0 Å². The van der Waals surface area contributed by atoms with Crippen LogP contribution in [0.2, 0.25) is 0 Å². The van der Waals surface area contributed by atoms with Crippen LogP contribution in [-0.4, -0.2) is 0 Å². The Labute approximate surface area is 843 Å². The molecule has 0 radical (unpaired) electrons. The molecule has 0 aromatic heterocycles. The van der Waals surface area contributed by atoms with Crippen molar-refractivity contribution >= 4 is 21.5 Å². The van der Waals surface area contributed by atoms with Crippen molar-refractivity contribution in [3.8, 4) is 145 Å². The third-order valence-corrected chi connectivity index (χ3v) is 36.9. The monoisotopic (exact) mass is 1840 g/mol. The molecule has 0 nitrogen and oxygen atoms in total. The van der Waals surface area contributed by atoms with Crippen molar-refractivity contribution in [2.45, 2.75) is 316 Å². The minimum absolute atomic E-state index is 0.0467. The number of hydrogen-bond donors (Lipinski definition) is 0. The number of unbranched alkanes of at least 4 members (excludes halogenated alkanes) is 18. The third kappa shape index (κ3) is 14.9. The lowest BCUT2D eigenvalue weighted by Gasteiger charge is -2.33. The lowest BCUT2D eigenvalue weighted by Crippen LogP contribution is -2.25. The second-order valence-electron chi connectivity index (χ2n) is 47.0. The Morgan fingerprint density at radius 1 is 0.156 bits per heavy atom. The van der Waals surface area contributed by atoms with Gasteiger partial charge in [-0.2, -0.15) is 0 Å². The molecule has 0 bridgehead atoms. The maximum Gasteiger partial charge on any atom is 0.0215 e. The van der Waals surface area contributed by atoms with Gasteiger partial charge >= 0.3 is 0 Å². The van der Waals surface area contributed by atoms with Gasteiger partial charge in [0.2, 0.25) is 0 Å². The van der Waals surface area contributed by atoms with E-state index in [0.717, 1.165) is 0 Å². The minimum atomic E-state index is -0.267. The summed E-state index contributed by atoms with van der Waals surface area (Å²) in [5, 5.41) is 5.28. The smallest absolute Gasteiger partial charge is 0.0215 e. The van der Waals surface area contributed by atoms with Crippen LogP contribution >= 0.6 is 0 Å². The summed E-state index contributed by atoms with van der Waals surface area (Å²) in [6.45, 7) is 38.9. The zero-order chi connectivity index (χ0) is 97.0. The van der Waals surface area contributed by atoms with Crippen molar-refractivity contribution in [2.24, 2.45) is 0 Å². The van der Waals surface area contributed by atoms with Gasteiger partial charge in [-0.15, -0.1) is 0 Å². The standard InChI is InChI=1S/C141H146/c1-17-21-25-29-33-45-73-141(74-46-34-30-26-22-18-2)120-54-42-40-50-104(120)110-68-58-94(80-130(110)141)92-56-66-106-108-70-62-98(82-124(108)136(9,10)122(106)78-92)100-64-60-96(76-90(100)6)114-84-132-134(112-52-38-36-48-102(112)114)118-88-126-116(86-128(118)139(132,15)16)115-85-127-117(87-125(115)137(126,11)12)133-111-51-37-35-47-101(111)113(83-131(133)138(127,13)14)95-59-63-99(89(5)75-95)97-61-69-107-105-65-55-91(77-121(105)135(7,8)123(107)81-97)93-57-67-109-103-49-39-41-53-119(103)140(129(109)79-93,71-43-31-27-23-19-3)72-44-32-28-24-20-4/h35-42,47-70,75-88H,17-34,43-46,71-74H2,1-16H3. The van der Waals surface area contributed by atoms with E-state index >= 15 is 0 Å². The van der Waals surface area contributed by atoms with Gasteiger partial charge in [-0.25, -0.2) is 0 Å². The van der Waals surface area contributed by atoms with Crippen LogP contribution in [0.4, 0.5) is 0 Å². The Kier molecular flexibility index (Phi) is 23.6. The molecule has 16 aromatic rings. The average Bonchev–Trinajstić information content (AvgIpc) is 1.51. The largest absolute Gasteiger partial charge is 0.0654 e. The molecule has 710 valence electrons. The second-order valence-corrected chi connectivity index (χ2v) is 47.0. The van der Waals surface area contributed by atoms with Gasteiger partial charge in [-0.05, 0) is 368 Å². The van der Waals surface area contributed by atoms with Crippen molar-refractivity contribution in [2.75, 3.05) is 0 Å². The van der Waals surface area contributed by atoms with E-state index in [0.29, 0.717) is 0 Å². The van der Waals surface area contributed by atoms with Crippen LogP contribution in [0, 0.1) is 13.8 Å². The molecule has 0 saturated carbocycles. The highest BCUT2D eigenvalue weighted by molar-refractivity contribution is 6.12. The molecule has 0 heteroatoms. The molecule has 0 N–H and O–H groups in total. The predicted octanol–water partition coefficient (Wildman–Crippen LogP) is 40.9.